The molecule has 1 fully saturated rings. The van der Waals surface area contributed by atoms with Crippen LogP contribution in [0.5, 0.6) is 0 Å². The van der Waals surface area contributed by atoms with Crippen LogP contribution in [-0.4, -0.2) is 50.1 Å². The number of amides is 1. The molecule has 11 heteroatoms. The predicted molar refractivity (Wildman–Crippen MR) is 156 cm³/mol. The van der Waals surface area contributed by atoms with Gasteiger partial charge in [0, 0.05) is 29.8 Å². The van der Waals surface area contributed by atoms with E-state index in [0.29, 0.717) is 22.2 Å². The zero-order chi connectivity index (χ0) is 29.5. The molecule has 5 rings (SSSR count). The number of benzene rings is 3. The van der Waals surface area contributed by atoms with Gasteiger partial charge in [0.25, 0.3) is 5.91 Å². The summed E-state index contributed by atoms with van der Waals surface area (Å²) in [7, 11) is 0. The van der Waals surface area contributed by atoms with Crippen LogP contribution in [0.1, 0.15) is 54.4 Å². The van der Waals surface area contributed by atoms with Crippen molar-refractivity contribution in [2.24, 2.45) is 0 Å². The molecule has 1 aliphatic rings. The number of anilines is 1. The SMILES string of the molecule is CC(=O)O[C@@H](C)C(=O)Nc1cccc(C2O[C@H](CSc3ncn[nH]3)[C@@H](c3ccccc3)[C@H](c3ccc(CO)cc3)O2)c1. The third-order valence-electron chi connectivity index (χ3n) is 6.89. The van der Waals surface area contributed by atoms with Gasteiger partial charge in [-0.05, 0) is 35.7 Å². The maximum atomic E-state index is 12.6. The molecule has 1 unspecified atom stereocenters. The van der Waals surface area contributed by atoms with Gasteiger partial charge in [-0.2, -0.15) is 5.10 Å². The predicted octanol–water partition coefficient (Wildman–Crippen LogP) is 4.92. The molecule has 0 spiro atoms. The second kappa shape index (κ2) is 13.8. The van der Waals surface area contributed by atoms with E-state index in [1.54, 1.807) is 18.2 Å². The Kier molecular flexibility index (Phi) is 9.65. The van der Waals surface area contributed by atoms with E-state index in [1.807, 2.05) is 48.5 Å². The van der Waals surface area contributed by atoms with Gasteiger partial charge in [-0.15, -0.1) is 0 Å². The molecule has 0 bridgehead atoms. The number of carbonyl (C=O) groups is 2. The standard InChI is InChI=1S/C31H32N4O6S/c1-19(39-20(2)37)29(38)34-25-10-6-9-24(15-25)30-40-26(17-42-31-32-18-33-35-31)27(22-7-4-3-5-8-22)28(41-30)23-13-11-21(16-36)12-14-23/h3-15,18-19,26-28,30,36H,16-17H2,1-2H3,(H,34,38)(H,32,33,35)/t19-,26+,27+,28-,30?/m0/s1. The smallest absolute Gasteiger partial charge is 0.303 e. The summed E-state index contributed by atoms with van der Waals surface area (Å²) in [4.78, 5) is 28.1. The number of nitrogens with one attached hydrogen (secondary N) is 2. The van der Waals surface area contributed by atoms with E-state index in [2.05, 4.69) is 32.6 Å². The van der Waals surface area contributed by atoms with Crippen molar-refractivity contribution in [2.75, 3.05) is 11.1 Å². The Morgan fingerprint density at radius 1 is 1.02 bits per heavy atom. The number of ether oxygens (including phenoxy) is 3. The average Bonchev–Trinajstić information content (AvgIpc) is 3.54. The van der Waals surface area contributed by atoms with Gasteiger partial charge in [0.05, 0.1) is 18.8 Å². The van der Waals surface area contributed by atoms with Crippen LogP contribution in [0, 0.1) is 0 Å². The Balaban J connectivity index is 1.47. The van der Waals surface area contributed by atoms with Crippen LogP contribution in [0.25, 0.3) is 0 Å². The van der Waals surface area contributed by atoms with Crippen molar-refractivity contribution in [2.45, 2.75) is 56.1 Å². The fraction of sp³-hybridized carbons (Fsp3) is 0.290. The minimum atomic E-state index is -0.941. The molecule has 1 aliphatic heterocycles. The molecular formula is C31H32N4O6S. The number of rotatable bonds is 10. The number of H-pyrrole nitrogens is 1. The maximum Gasteiger partial charge on any atom is 0.303 e. The molecule has 0 radical (unpaired) electrons. The van der Waals surface area contributed by atoms with Gasteiger partial charge in [-0.1, -0.05) is 78.5 Å². The van der Waals surface area contributed by atoms with Crippen molar-refractivity contribution in [3.63, 3.8) is 0 Å². The fourth-order valence-corrected chi connectivity index (χ4v) is 5.73. The van der Waals surface area contributed by atoms with Gasteiger partial charge in [0.2, 0.25) is 0 Å². The van der Waals surface area contributed by atoms with Crippen molar-refractivity contribution < 1.29 is 28.9 Å². The number of hydrogen-bond donors (Lipinski definition) is 3. The number of nitrogens with zero attached hydrogens (tertiary/aromatic N) is 2. The summed E-state index contributed by atoms with van der Waals surface area (Å²) in [5.74, 6) is -0.572. The average molecular weight is 589 g/mol. The molecule has 42 heavy (non-hydrogen) atoms. The minimum absolute atomic E-state index is 0.0509. The number of aliphatic hydroxyl groups is 1. The van der Waals surface area contributed by atoms with Crippen LogP contribution in [-0.2, 0) is 30.4 Å². The lowest BCUT2D eigenvalue weighted by molar-refractivity contribution is -0.255. The lowest BCUT2D eigenvalue weighted by atomic mass is 9.84. The molecule has 1 aromatic heterocycles. The second-order valence-corrected chi connectivity index (χ2v) is 10.9. The zero-order valence-electron chi connectivity index (χ0n) is 23.2. The number of thioether (sulfide) groups is 1. The normalized spacial score (nSPS) is 20.9. The zero-order valence-corrected chi connectivity index (χ0v) is 24.0. The van der Waals surface area contributed by atoms with E-state index in [-0.39, 0.29) is 24.7 Å². The Bertz CT molecular complexity index is 1470. The minimum Gasteiger partial charge on any atom is -0.453 e. The van der Waals surface area contributed by atoms with E-state index >= 15 is 0 Å². The number of aromatic amines is 1. The van der Waals surface area contributed by atoms with Crippen LogP contribution < -0.4 is 5.32 Å². The molecule has 0 saturated carbocycles. The molecule has 1 amide bonds. The second-order valence-electron chi connectivity index (χ2n) is 9.87. The summed E-state index contributed by atoms with van der Waals surface area (Å²) in [5, 5.41) is 19.9. The summed E-state index contributed by atoms with van der Waals surface area (Å²) < 4.78 is 18.4. The highest BCUT2D eigenvalue weighted by atomic mass is 32.2. The summed E-state index contributed by atoms with van der Waals surface area (Å²) in [6.07, 6.45) is -0.912. The van der Waals surface area contributed by atoms with Crippen molar-refractivity contribution in [1.29, 1.82) is 0 Å². The summed E-state index contributed by atoms with van der Waals surface area (Å²) in [5.41, 5.74) is 4.05. The lowest BCUT2D eigenvalue weighted by Gasteiger charge is -2.43. The topological polar surface area (TPSA) is 136 Å². The first kappa shape index (κ1) is 29.5. The van der Waals surface area contributed by atoms with E-state index in [1.165, 1.54) is 31.9 Å². The van der Waals surface area contributed by atoms with Crippen LogP contribution in [0.15, 0.2) is 90.3 Å². The third-order valence-corrected chi connectivity index (χ3v) is 7.85. The monoisotopic (exact) mass is 588 g/mol. The van der Waals surface area contributed by atoms with Gasteiger partial charge in [-0.3, -0.25) is 14.7 Å². The van der Waals surface area contributed by atoms with Crippen molar-refractivity contribution in [1.82, 2.24) is 15.2 Å². The number of carbonyl (C=O) groups excluding carboxylic acids is 2. The molecule has 0 aliphatic carbocycles. The number of esters is 1. The van der Waals surface area contributed by atoms with Crippen molar-refractivity contribution in [3.8, 4) is 0 Å². The van der Waals surface area contributed by atoms with E-state index in [0.717, 1.165) is 16.7 Å². The summed E-state index contributed by atoms with van der Waals surface area (Å²) in [6.45, 7) is 2.72. The van der Waals surface area contributed by atoms with Crippen molar-refractivity contribution in [3.05, 3.63) is 107 Å². The van der Waals surface area contributed by atoms with Gasteiger partial charge < -0.3 is 24.6 Å². The first-order valence-electron chi connectivity index (χ1n) is 13.5. The first-order chi connectivity index (χ1) is 20.4. The highest BCUT2D eigenvalue weighted by Gasteiger charge is 2.42. The van der Waals surface area contributed by atoms with Crippen LogP contribution in [0.4, 0.5) is 5.69 Å². The fourth-order valence-electron chi connectivity index (χ4n) is 4.89. The molecule has 4 aromatic rings. The van der Waals surface area contributed by atoms with Crippen LogP contribution in [0.2, 0.25) is 0 Å². The largest absolute Gasteiger partial charge is 0.453 e. The molecule has 3 aromatic carbocycles. The van der Waals surface area contributed by atoms with E-state index in [9.17, 15) is 14.7 Å². The van der Waals surface area contributed by atoms with Crippen LogP contribution >= 0.6 is 11.8 Å². The summed E-state index contributed by atoms with van der Waals surface area (Å²) >= 11 is 1.51. The van der Waals surface area contributed by atoms with Crippen LogP contribution in [0.3, 0.4) is 0 Å². The third kappa shape index (κ3) is 7.24. The van der Waals surface area contributed by atoms with Crippen molar-refractivity contribution >= 4 is 29.3 Å². The molecular weight excluding hydrogens is 556 g/mol. The molecule has 2 heterocycles. The van der Waals surface area contributed by atoms with Gasteiger partial charge in [-0.25, -0.2) is 4.98 Å². The van der Waals surface area contributed by atoms with E-state index in [4.69, 9.17) is 14.2 Å². The Morgan fingerprint density at radius 3 is 2.48 bits per heavy atom. The molecule has 3 N–H and O–H groups in total. The number of aromatic nitrogens is 3. The first-order valence-corrected chi connectivity index (χ1v) is 14.5. The molecule has 5 atom stereocenters. The highest BCUT2D eigenvalue weighted by Crippen LogP contribution is 2.48. The summed E-state index contributed by atoms with van der Waals surface area (Å²) in [6, 6.07) is 25.1. The number of hydrogen-bond acceptors (Lipinski definition) is 9. The molecule has 1 saturated heterocycles. The Labute approximate surface area is 247 Å². The molecule has 218 valence electrons. The quantitative estimate of drug-likeness (QED) is 0.174. The Hall–Kier alpha value is -4.03. The van der Waals surface area contributed by atoms with Gasteiger partial charge >= 0.3 is 5.97 Å². The maximum absolute atomic E-state index is 12.6. The van der Waals surface area contributed by atoms with Gasteiger partial charge in [0.15, 0.2) is 17.6 Å². The number of aliphatic hydroxyl groups excluding tert-OH is 1. The van der Waals surface area contributed by atoms with E-state index < -0.39 is 24.3 Å². The lowest BCUT2D eigenvalue weighted by Crippen LogP contribution is -2.38. The highest BCUT2D eigenvalue weighted by molar-refractivity contribution is 7.99. The van der Waals surface area contributed by atoms with Gasteiger partial charge in [0.1, 0.15) is 6.33 Å². The molecule has 10 nitrogen and oxygen atoms in total. The Morgan fingerprint density at radius 2 is 1.79 bits per heavy atom.